The fraction of sp³-hybridized carbons (Fsp3) is 0.483. The van der Waals surface area contributed by atoms with Gasteiger partial charge >= 0.3 is 0 Å². The number of aryl methyl sites for hydroxylation is 2. The first kappa shape index (κ1) is 21.1. The van der Waals surface area contributed by atoms with E-state index in [1.165, 1.54) is 70.1 Å². The summed E-state index contributed by atoms with van der Waals surface area (Å²) >= 11 is 0. The number of aromatic nitrogens is 1. The van der Waals surface area contributed by atoms with E-state index in [0.29, 0.717) is 5.41 Å². The van der Waals surface area contributed by atoms with Crippen LogP contribution in [0.2, 0.25) is 0 Å². The van der Waals surface area contributed by atoms with E-state index in [1.807, 2.05) is 0 Å². The molecule has 1 fully saturated rings. The third-order valence-corrected chi connectivity index (χ3v) is 7.11. The number of pyridine rings is 1. The van der Waals surface area contributed by atoms with E-state index >= 15 is 0 Å². The van der Waals surface area contributed by atoms with Gasteiger partial charge in [0.25, 0.3) is 0 Å². The Kier molecular flexibility index (Phi) is 5.51. The fourth-order valence-electron chi connectivity index (χ4n) is 5.30. The van der Waals surface area contributed by atoms with E-state index in [-0.39, 0.29) is 0 Å². The first-order valence-electron chi connectivity index (χ1n) is 11.7. The second kappa shape index (κ2) is 7.84. The number of benzene rings is 2. The lowest BCUT2D eigenvalue weighted by atomic mass is 9.86. The van der Waals surface area contributed by atoms with Crippen LogP contribution >= 0.6 is 0 Å². The van der Waals surface area contributed by atoms with E-state index in [9.17, 15) is 0 Å². The molecule has 1 aromatic heterocycles. The van der Waals surface area contributed by atoms with Gasteiger partial charge in [0, 0.05) is 13.0 Å². The van der Waals surface area contributed by atoms with Crippen molar-refractivity contribution in [1.29, 1.82) is 0 Å². The van der Waals surface area contributed by atoms with Crippen LogP contribution in [0.5, 0.6) is 0 Å². The van der Waals surface area contributed by atoms with Crippen molar-refractivity contribution in [2.75, 3.05) is 0 Å². The zero-order chi connectivity index (χ0) is 21.6. The molecule has 0 N–H and O–H groups in total. The predicted octanol–water partition coefficient (Wildman–Crippen LogP) is 7.50. The summed E-state index contributed by atoms with van der Waals surface area (Å²) in [6, 6.07) is 14.4. The first-order chi connectivity index (χ1) is 14.1. The van der Waals surface area contributed by atoms with Gasteiger partial charge in [-0.15, -0.1) is 0 Å². The minimum atomic E-state index is 0.300. The highest BCUT2D eigenvalue weighted by molar-refractivity contribution is 5.94. The van der Waals surface area contributed by atoms with Crippen LogP contribution < -0.4 is 4.57 Å². The van der Waals surface area contributed by atoms with E-state index in [0.717, 1.165) is 12.3 Å². The molecule has 0 atom stereocenters. The van der Waals surface area contributed by atoms with Crippen LogP contribution in [0.25, 0.3) is 22.0 Å². The van der Waals surface area contributed by atoms with Crippen LogP contribution in [0, 0.1) is 26.2 Å². The largest absolute Gasteiger partial charge is 0.220 e. The zero-order valence-corrected chi connectivity index (χ0v) is 20.0. The van der Waals surface area contributed by atoms with Gasteiger partial charge in [-0.05, 0) is 84.2 Å². The molecule has 1 aliphatic rings. The summed E-state index contributed by atoms with van der Waals surface area (Å²) < 4.78 is 2.39. The van der Waals surface area contributed by atoms with E-state index in [2.05, 4.69) is 89.6 Å². The highest BCUT2D eigenvalue weighted by atomic mass is 14.9. The Balaban J connectivity index is 1.93. The SMILES string of the molecule is Cc1cc(C2CCCC2)cc(-c2c3ccc(CC(C)(C)C)cc3cc(C)[n+]2C)c1C. The molecule has 0 saturated heterocycles. The number of fused-ring (bicyclic) bond motifs is 1. The quantitative estimate of drug-likeness (QED) is 0.401. The smallest absolute Gasteiger partial charge is 0.198 e. The van der Waals surface area contributed by atoms with Crippen LogP contribution in [0.4, 0.5) is 0 Å². The van der Waals surface area contributed by atoms with Gasteiger partial charge in [0.05, 0.1) is 10.9 Å². The summed E-state index contributed by atoms with van der Waals surface area (Å²) in [5, 5.41) is 2.73. The topological polar surface area (TPSA) is 3.88 Å². The first-order valence-corrected chi connectivity index (χ1v) is 11.7. The molecule has 0 bridgehead atoms. The van der Waals surface area contributed by atoms with Crippen molar-refractivity contribution in [2.45, 2.75) is 79.6 Å². The lowest BCUT2D eigenvalue weighted by Crippen LogP contribution is -2.35. The normalized spacial score (nSPS) is 15.3. The minimum absolute atomic E-state index is 0.300. The molecule has 1 saturated carbocycles. The van der Waals surface area contributed by atoms with Crippen molar-refractivity contribution in [2.24, 2.45) is 12.5 Å². The van der Waals surface area contributed by atoms with Gasteiger partial charge in [0.15, 0.2) is 5.69 Å². The maximum absolute atomic E-state index is 2.51. The molecular weight excluding hydrogens is 362 g/mol. The third kappa shape index (κ3) is 4.04. The Morgan fingerprint density at radius 1 is 0.933 bits per heavy atom. The van der Waals surface area contributed by atoms with Crippen molar-refractivity contribution < 1.29 is 4.57 Å². The average molecular weight is 401 g/mol. The van der Waals surface area contributed by atoms with Crippen molar-refractivity contribution in [3.63, 3.8) is 0 Å². The van der Waals surface area contributed by atoms with Gasteiger partial charge in [0.2, 0.25) is 5.69 Å². The standard InChI is InChI=1S/C29H38N/c1-19-14-24(23-10-8-9-11-23)17-27(21(19)3)28-26-13-12-22(18-29(4,5)6)16-25(26)15-20(2)30(28)7/h12-17,23H,8-11,18H2,1-7H3/q+1. The number of nitrogens with zero attached hydrogens (tertiary/aromatic N) is 1. The van der Waals surface area contributed by atoms with E-state index in [4.69, 9.17) is 0 Å². The molecule has 1 aliphatic carbocycles. The molecular formula is C29H38N+. The van der Waals surface area contributed by atoms with Crippen molar-refractivity contribution in [3.8, 4) is 11.3 Å². The van der Waals surface area contributed by atoms with E-state index < -0.39 is 0 Å². The van der Waals surface area contributed by atoms with Crippen molar-refractivity contribution in [1.82, 2.24) is 0 Å². The van der Waals surface area contributed by atoms with E-state index in [1.54, 1.807) is 5.56 Å². The summed E-state index contributed by atoms with van der Waals surface area (Å²) in [7, 11) is 2.23. The van der Waals surface area contributed by atoms with Crippen LogP contribution in [0.1, 0.15) is 80.3 Å². The molecule has 1 heteroatoms. The maximum Gasteiger partial charge on any atom is 0.220 e. The molecule has 1 nitrogen and oxygen atoms in total. The molecule has 158 valence electrons. The van der Waals surface area contributed by atoms with Crippen LogP contribution in [0.15, 0.2) is 36.4 Å². The third-order valence-electron chi connectivity index (χ3n) is 7.11. The molecule has 0 unspecified atom stereocenters. The van der Waals surface area contributed by atoms with Gasteiger partial charge in [-0.25, -0.2) is 0 Å². The molecule has 4 rings (SSSR count). The van der Waals surface area contributed by atoms with Gasteiger partial charge in [-0.3, -0.25) is 0 Å². The second-order valence-corrected chi connectivity index (χ2v) is 10.8. The molecule has 30 heavy (non-hydrogen) atoms. The highest BCUT2D eigenvalue weighted by Gasteiger charge is 2.24. The summed E-state index contributed by atoms with van der Waals surface area (Å²) in [6.07, 6.45) is 6.56. The average Bonchev–Trinajstić information content (AvgIpc) is 3.19. The number of hydrogen-bond acceptors (Lipinski definition) is 0. The molecule has 3 aromatic rings. The van der Waals surface area contributed by atoms with Gasteiger partial charge < -0.3 is 0 Å². The molecule has 0 spiro atoms. The molecule has 2 aromatic carbocycles. The highest BCUT2D eigenvalue weighted by Crippen LogP contribution is 2.39. The Morgan fingerprint density at radius 3 is 2.30 bits per heavy atom. The van der Waals surface area contributed by atoms with Crippen molar-refractivity contribution in [3.05, 3.63) is 64.3 Å². The number of hydrogen-bond donors (Lipinski definition) is 0. The lowest BCUT2D eigenvalue weighted by molar-refractivity contribution is -0.665. The van der Waals surface area contributed by atoms with Crippen LogP contribution in [-0.4, -0.2) is 0 Å². The summed E-state index contributed by atoms with van der Waals surface area (Å²) in [5.74, 6) is 0.739. The lowest BCUT2D eigenvalue weighted by Gasteiger charge is -2.19. The summed E-state index contributed by atoms with van der Waals surface area (Å²) in [6.45, 7) is 13.8. The summed E-state index contributed by atoms with van der Waals surface area (Å²) in [4.78, 5) is 0. The Hall–Kier alpha value is -2.15. The molecule has 1 heterocycles. The van der Waals surface area contributed by atoms with Crippen LogP contribution in [0.3, 0.4) is 0 Å². The maximum atomic E-state index is 2.51. The molecule has 0 radical (unpaired) electrons. The van der Waals surface area contributed by atoms with Crippen molar-refractivity contribution >= 4 is 10.8 Å². The van der Waals surface area contributed by atoms with Gasteiger partial charge in [-0.2, -0.15) is 4.57 Å². The van der Waals surface area contributed by atoms with Crippen LogP contribution in [-0.2, 0) is 13.5 Å². The Labute approximate surface area is 183 Å². The number of rotatable bonds is 3. The predicted molar refractivity (Wildman–Crippen MR) is 129 cm³/mol. The minimum Gasteiger partial charge on any atom is -0.198 e. The van der Waals surface area contributed by atoms with Gasteiger partial charge in [-0.1, -0.05) is 51.8 Å². The molecule has 0 amide bonds. The fourth-order valence-corrected chi connectivity index (χ4v) is 5.30. The summed E-state index contributed by atoms with van der Waals surface area (Å²) in [5.41, 5.74) is 10.2. The monoisotopic (exact) mass is 400 g/mol. The zero-order valence-electron chi connectivity index (χ0n) is 20.0. The Morgan fingerprint density at radius 2 is 1.63 bits per heavy atom. The molecule has 0 aliphatic heterocycles. The Bertz CT molecular complexity index is 1090. The second-order valence-electron chi connectivity index (χ2n) is 10.8. The van der Waals surface area contributed by atoms with Gasteiger partial charge in [0.1, 0.15) is 7.05 Å².